The van der Waals surface area contributed by atoms with Gasteiger partial charge >= 0.3 is 18.2 Å². The maximum absolute atomic E-state index is 13.0. The van der Waals surface area contributed by atoms with Crippen LogP contribution in [0.4, 0.5) is 23.7 Å². The fourth-order valence-corrected chi connectivity index (χ4v) is 4.89. The van der Waals surface area contributed by atoms with E-state index in [-0.39, 0.29) is 19.4 Å². The maximum Gasteiger partial charge on any atom is 0.416 e. The maximum atomic E-state index is 13.0. The summed E-state index contributed by atoms with van der Waals surface area (Å²) in [5, 5.41) is 18.9. The van der Waals surface area contributed by atoms with Crippen molar-refractivity contribution in [3.05, 3.63) is 99.7 Å². The van der Waals surface area contributed by atoms with Gasteiger partial charge in [-0.1, -0.05) is 42.5 Å². The van der Waals surface area contributed by atoms with E-state index in [4.69, 9.17) is 5.11 Å². The summed E-state index contributed by atoms with van der Waals surface area (Å²) in [5.41, 5.74) is 0.338. The second kappa shape index (κ2) is 12.0. The van der Waals surface area contributed by atoms with E-state index in [0.717, 1.165) is 34.2 Å². The Bertz CT molecular complexity index is 1490. The van der Waals surface area contributed by atoms with Crippen LogP contribution in [-0.4, -0.2) is 29.6 Å². The highest BCUT2D eigenvalue weighted by atomic mass is 32.1. The Kier molecular flexibility index (Phi) is 8.50. The lowest BCUT2D eigenvalue weighted by Crippen LogP contribution is -2.33. The van der Waals surface area contributed by atoms with Gasteiger partial charge in [0.05, 0.1) is 22.9 Å². The van der Waals surface area contributed by atoms with Gasteiger partial charge in [0.2, 0.25) is 0 Å². The Morgan fingerprint density at radius 3 is 2.31 bits per heavy atom. The molecular formula is C28H24F3N3O4S. The molecule has 0 aliphatic heterocycles. The molecular weight excluding hydrogens is 531 g/mol. The van der Waals surface area contributed by atoms with Gasteiger partial charge < -0.3 is 21.1 Å². The molecule has 3 amide bonds. The predicted octanol–water partition coefficient (Wildman–Crippen LogP) is 6.23. The van der Waals surface area contributed by atoms with Crippen LogP contribution in [0.25, 0.3) is 10.8 Å². The smallest absolute Gasteiger partial charge is 0.416 e. The third kappa shape index (κ3) is 7.57. The molecule has 0 fully saturated rings. The summed E-state index contributed by atoms with van der Waals surface area (Å²) in [7, 11) is 0. The van der Waals surface area contributed by atoms with Crippen molar-refractivity contribution in [3.8, 4) is 0 Å². The Hall–Kier alpha value is -4.38. The number of urea groups is 1. The average Bonchev–Trinajstić information content (AvgIpc) is 3.38. The first-order valence-electron chi connectivity index (χ1n) is 11.9. The number of alkyl halides is 3. The molecule has 0 spiro atoms. The Labute approximate surface area is 225 Å². The van der Waals surface area contributed by atoms with Crippen molar-refractivity contribution in [1.29, 1.82) is 0 Å². The van der Waals surface area contributed by atoms with Gasteiger partial charge in [0.15, 0.2) is 0 Å². The van der Waals surface area contributed by atoms with Gasteiger partial charge in [0.25, 0.3) is 5.91 Å². The van der Waals surface area contributed by atoms with Gasteiger partial charge in [-0.3, -0.25) is 9.59 Å². The van der Waals surface area contributed by atoms with Crippen molar-refractivity contribution in [2.24, 2.45) is 0 Å². The summed E-state index contributed by atoms with van der Waals surface area (Å²) in [5.74, 6) is -1.50. The number of carbonyl (C=O) groups is 3. The van der Waals surface area contributed by atoms with Crippen LogP contribution in [0.1, 0.15) is 38.1 Å². The van der Waals surface area contributed by atoms with E-state index in [1.807, 2.05) is 36.4 Å². The molecule has 0 saturated heterocycles. The monoisotopic (exact) mass is 555 g/mol. The molecule has 0 aliphatic rings. The zero-order valence-electron chi connectivity index (χ0n) is 20.4. The molecule has 0 bridgehead atoms. The number of thiophene rings is 1. The molecule has 1 atom stereocenters. The fraction of sp³-hybridized carbons (Fsp3) is 0.179. The summed E-state index contributed by atoms with van der Waals surface area (Å²) < 4.78 is 39.0. The molecule has 1 heterocycles. The molecule has 39 heavy (non-hydrogen) atoms. The molecule has 3 aromatic carbocycles. The number of benzene rings is 3. The highest BCUT2D eigenvalue weighted by Crippen LogP contribution is 2.31. The molecule has 11 heteroatoms. The Morgan fingerprint density at radius 1 is 0.897 bits per heavy atom. The molecule has 202 valence electrons. The topological polar surface area (TPSA) is 108 Å². The van der Waals surface area contributed by atoms with E-state index in [2.05, 4.69) is 16.0 Å². The van der Waals surface area contributed by atoms with Crippen LogP contribution >= 0.6 is 11.3 Å². The SMILES string of the molecule is O=C(O)CCNC(=O)c1ccc(C(Cc2ccc(C(F)(F)F)cc2)NC(=O)Nc2ccc3ccccc3c2)s1. The first kappa shape index (κ1) is 27.6. The number of aliphatic carboxylic acids is 1. The summed E-state index contributed by atoms with van der Waals surface area (Å²) in [6, 6.07) is 19.8. The van der Waals surface area contributed by atoms with Crippen LogP contribution in [0.15, 0.2) is 78.9 Å². The summed E-state index contributed by atoms with van der Waals surface area (Å²) >= 11 is 1.10. The van der Waals surface area contributed by atoms with E-state index in [1.54, 1.807) is 18.2 Å². The second-order valence-corrected chi connectivity index (χ2v) is 9.83. The molecule has 0 radical (unpaired) electrons. The van der Waals surface area contributed by atoms with E-state index in [9.17, 15) is 27.6 Å². The number of carboxylic acid groups (broad SMARTS) is 1. The number of halogens is 3. The average molecular weight is 556 g/mol. The van der Waals surface area contributed by atoms with Gasteiger partial charge in [-0.25, -0.2) is 4.79 Å². The number of carbonyl (C=O) groups excluding carboxylic acids is 2. The number of hydrogen-bond acceptors (Lipinski definition) is 4. The summed E-state index contributed by atoms with van der Waals surface area (Å²) in [4.78, 5) is 37.0. The molecule has 0 saturated carbocycles. The van der Waals surface area contributed by atoms with Gasteiger partial charge in [-0.05, 0) is 59.2 Å². The number of anilines is 1. The summed E-state index contributed by atoms with van der Waals surface area (Å²) in [6.45, 7) is -0.0389. The van der Waals surface area contributed by atoms with Crippen LogP contribution in [0.5, 0.6) is 0 Å². The second-order valence-electron chi connectivity index (χ2n) is 8.71. The highest BCUT2D eigenvalue weighted by molar-refractivity contribution is 7.14. The minimum absolute atomic E-state index is 0.0389. The highest BCUT2D eigenvalue weighted by Gasteiger charge is 2.30. The van der Waals surface area contributed by atoms with Crippen LogP contribution in [-0.2, 0) is 17.4 Å². The van der Waals surface area contributed by atoms with Crippen LogP contribution < -0.4 is 16.0 Å². The van der Waals surface area contributed by atoms with E-state index in [0.29, 0.717) is 21.0 Å². The molecule has 7 nitrogen and oxygen atoms in total. The largest absolute Gasteiger partial charge is 0.481 e. The van der Waals surface area contributed by atoms with Crippen molar-refractivity contribution in [2.75, 3.05) is 11.9 Å². The van der Waals surface area contributed by atoms with Crippen molar-refractivity contribution in [3.63, 3.8) is 0 Å². The number of carboxylic acids is 1. The van der Waals surface area contributed by atoms with Gasteiger partial charge in [-0.15, -0.1) is 11.3 Å². The lowest BCUT2D eigenvalue weighted by Gasteiger charge is -2.19. The van der Waals surface area contributed by atoms with Gasteiger partial charge in [0.1, 0.15) is 0 Å². The van der Waals surface area contributed by atoms with Crippen molar-refractivity contribution in [1.82, 2.24) is 10.6 Å². The molecule has 4 aromatic rings. The molecule has 1 unspecified atom stereocenters. The van der Waals surface area contributed by atoms with Gasteiger partial charge in [-0.2, -0.15) is 13.2 Å². The standard InChI is InChI=1S/C28H24F3N3O4S/c29-28(30,31)20-8-5-17(6-9-20)15-22(23-11-12-24(39-23)26(37)32-14-13-25(35)36)34-27(38)33-21-10-7-18-3-1-2-4-19(18)16-21/h1-12,16,22H,13-15H2,(H,32,37)(H,35,36)(H2,33,34,38). The van der Waals surface area contributed by atoms with Crippen molar-refractivity contribution in [2.45, 2.75) is 25.1 Å². The minimum atomic E-state index is -4.47. The number of fused-ring (bicyclic) bond motifs is 1. The fourth-order valence-electron chi connectivity index (χ4n) is 3.91. The van der Waals surface area contributed by atoms with Crippen LogP contribution in [0.2, 0.25) is 0 Å². The molecule has 4 rings (SSSR count). The lowest BCUT2D eigenvalue weighted by atomic mass is 10.0. The normalized spacial score (nSPS) is 12.1. The molecule has 0 aliphatic carbocycles. The van der Waals surface area contributed by atoms with E-state index >= 15 is 0 Å². The predicted molar refractivity (Wildman–Crippen MR) is 143 cm³/mol. The van der Waals surface area contributed by atoms with E-state index < -0.39 is 35.7 Å². The number of hydrogen-bond donors (Lipinski definition) is 4. The zero-order valence-corrected chi connectivity index (χ0v) is 21.2. The quantitative estimate of drug-likeness (QED) is 0.196. The first-order valence-corrected chi connectivity index (χ1v) is 12.7. The van der Waals surface area contributed by atoms with E-state index in [1.165, 1.54) is 12.1 Å². The lowest BCUT2D eigenvalue weighted by molar-refractivity contribution is -0.138. The third-order valence-electron chi connectivity index (χ3n) is 5.85. The number of nitrogens with one attached hydrogen (secondary N) is 3. The summed E-state index contributed by atoms with van der Waals surface area (Å²) in [6.07, 6.45) is -4.52. The van der Waals surface area contributed by atoms with Crippen molar-refractivity contribution >= 4 is 45.7 Å². The Balaban J connectivity index is 1.52. The first-order chi connectivity index (χ1) is 18.6. The minimum Gasteiger partial charge on any atom is -0.481 e. The third-order valence-corrected chi connectivity index (χ3v) is 7.05. The van der Waals surface area contributed by atoms with Crippen LogP contribution in [0.3, 0.4) is 0 Å². The van der Waals surface area contributed by atoms with Crippen LogP contribution in [0, 0.1) is 0 Å². The molecule has 1 aromatic heterocycles. The Morgan fingerprint density at radius 2 is 1.62 bits per heavy atom. The molecule has 4 N–H and O–H groups in total. The number of amides is 3. The zero-order chi connectivity index (χ0) is 28.0. The van der Waals surface area contributed by atoms with Gasteiger partial charge in [0, 0.05) is 17.1 Å². The number of rotatable bonds is 9. The van der Waals surface area contributed by atoms with Crippen molar-refractivity contribution < 1.29 is 32.7 Å².